The van der Waals surface area contributed by atoms with Gasteiger partial charge in [-0.1, -0.05) is 18.2 Å². The maximum atomic E-state index is 12.3. The molecule has 0 heterocycles. The summed E-state index contributed by atoms with van der Waals surface area (Å²) in [7, 11) is 0. The second-order valence-electron chi connectivity index (χ2n) is 4.11. The lowest BCUT2D eigenvalue weighted by molar-refractivity contribution is 0.102. The van der Waals surface area contributed by atoms with Crippen LogP contribution in [0.1, 0.15) is 15.9 Å². The van der Waals surface area contributed by atoms with Gasteiger partial charge >= 0.3 is 0 Å². The first kappa shape index (κ1) is 14.4. The first-order valence-corrected chi connectivity index (χ1v) is 8.12. The number of benzene rings is 2. The largest absolute Gasteiger partial charge is 0.322 e. The van der Waals surface area contributed by atoms with Crippen LogP contribution in [0.25, 0.3) is 0 Å². The molecule has 2 nitrogen and oxygen atoms in total. The number of hydrogen-bond acceptors (Lipinski definition) is 2. The van der Waals surface area contributed by atoms with E-state index in [-0.39, 0.29) is 5.91 Å². The predicted molar refractivity (Wildman–Crippen MR) is 90.1 cm³/mol. The maximum absolute atomic E-state index is 12.3. The van der Waals surface area contributed by atoms with Gasteiger partial charge in [-0.25, -0.2) is 0 Å². The fourth-order valence-corrected chi connectivity index (χ4v) is 2.84. The molecule has 0 spiro atoms. The summed E-state index contributed by atoms with van der Waals surface area (Å²) in [6.07, 6.45) is 1.98. The number of carbonyl (C=O) groups excluding carboxylic acids is 1. The Hall–Kier alpha value is -1.01. The van der Waals surface area contributed by atoms with E-state index < -0.39 is 0 Å². The minimum atomic E-state index is -0.0601. The second kappa shape index (κ2) is 6.43. The molecule has 1 amide bonds. The number of rotatable bonds is 3. The number of amides is 1. The average Bonchev–Trinajstić information content (AvgIpc) is 2.42. The smallest absolute Gasteiger partial charge is 0.256 e. The monoisotopic (exact) mass is 383 g/mol. The zero-order valence-corrected chi connectivity index (χ0v) is 13.7. The van der Waals surface area contributed by atoms with E-state index in [1.165, 1.54) is 0 Å². The maximum Gasteiger partial charge on any atom is 0.256 e. The molecule has 0 bridgehead atoms. The lowest BCUT2D eigenvalue weighted by atomic mass is 10.1. The van der Waals surface area contributed by atoms with E-state index in [0.29, 0.717) is 5.56 Å². The third-order valence-corrected chi connectivity index (χ3v) is 4.27. The molecular formula is C15H14INOS. The van der Waals surface area contributed by atoms with Crippen LogP contribution in [0.2, 0.25) is 0 Å². The van der Waals surface area contributed by atoms with Gasteiger partial charge in [-0.05, 0) is 65.6 Å². The molecule has 0 fully saturated rings. The van der Waals surface area contributed by atoms with Gasteiger partial charge in [0.05, 0.1) is 5.56 Å². The number of halogens is 1. The van der Waals surface area contributed by atoms with Crippen molar-refractivity contribution in [3.8, 4) is 0 Å². The number of aryl methyl sites for hydroxylation is 1. The molecule has 0 aromatic heterocycles. The molecule has 0 unspecified atom stereocenters. The summed E-state index contributed by atoms with van der Waals surface area (Å²) >= 11 is 3.82. The number of nitrogens with one attached hydrogen (secondary N) is 1. The van der Waals surface area contributed by atoms with Crippen LogP contribution in [0.5, 0.6) is 0 Å². The fourth-order valence-electron chi connectivity index (χ4n) is 1.75. The highest BCUT2D eigenvalue weighted by Gasteiger charge is 2.11. The van der Waals surface area contributed by atoms with Crippen LogP contribution in [0.4, 0.5) is 5.69 Å². The van der Waals surface area contributed by atoms with E-state index >= 15 is 0 Å². The Morgan fingerprint density at radius 2 is 1.95 bits per heavy atom. The normalized spacial score (nSPS) is 10.3. The van der Waals surface area contributed by atoms with Crippen LogP contribution in [-0.4, -0.2) is 12.2 Å². The van der Waals surface area contributed by atoms with Crippen LogP contribution < -0.4 is 5.32 Å². The first-order chi connectivity index (χ1) is 9.11. The van der Waals surface area contributed by atoms with Crippen molar-refractivity contribution in [3.05, 3.63) is 57.2 Å². The zero-order chi connectivity index (χ0) is 13.8. The van der Waals surface area contributed by atoms with Gasteiger partial charge in [0.15, 0.2) is 0 Å². The van der Waals surface area contributed by atoms with Crippen LogP contribution >= 0.6 is 34.4 Å². The van der Waals surface area contributed by atoms with Gasteiger partial charge in [-0.15, -0.1) is 11.8 Å². The summed E-state index contributed by atoms with van der Waals surface area (Å²) in [6, 6.07) is 13.7. The topological polar surface area (TPSA) is 29.1 Å². The third-order valence-electron chi connectivity index (χ3n) is 2.80. The summed E-state index contributed by atoms with van der Waals surface area (Å²) in [5, 5.41) is 2.98. The highest BCUT2D eigenvalue weighted by Crippen LogP contribution is 2.23. The molecular weight excluding hydrogens is 369 g/mol. The summed E-state index contributed by atoms with van der Waals surface area (Å²) in [5.74, 6) is -0.0601. The van der Waals surface area contributed by atoms with Gasteiger partial charge in [-0.2, -0.15) is 0 Å². The van der Waals surface area contributed by atoms with E-state index in [9.17, 15) is 4.79 Å². The van der Waals surface area contributed by atoms with Crippen molar-refractivity contribution in [2.24, 2.45) is 0 Å². The molecule has 0 atom stereocenters. The molecule has 2 rings (SSSR count). The quantitative estimate of drug-likeness (QED) is 0.621. The molecule has 2 aromatic rings. The van der Waals surface area contributed by atoms with Gasteiger partial charge in [-0.3, -0.25) is 4.79 Å². The van der Waals surface area contributed by atoms with Gasteiger partial charge in [0.25, 0.3) is 5.91 Å². The van der Waals surface area contributed by atoms with Gasteiger partial charge in [0.1, 0.15) is 0 Å². The van der Waals surface area contributed by atoms with Crippen LogP contribution in [0.15, 0.2) is 47.4 Å². The van der Waals surface area contributed by atoms with E-state index in [2.05, 4.69) is 27.9 Å². The number of carbonyl (C=O) groups is 1. The van der Waals surface area contributed by atoms with Crippen molar-refractivity contribution in [3.63, 3.8) is 0 Å². The third kappa shape index (κ3) is 3.51. The molecule has 0 saturated carbocycles. The van der Waals surface area contributed by atoms with Gasteiger partial charge < -0.3 is 5.32 Å². The lowest BCUT2D eigenvalue weighted by Crippen LogP contribution is -2.13. The summed E-state index contributed by atoms with van der Waals surface area (Å²) in [4.78, 5) is 13.3. The van der Waals surface area contributed by atoms with Crippen molar-refractivity contribution in [2.75, 3.05) is 11.6 Å². The van der Waals surface area contributed by atoms with Gasteiger partial charge in [0.2, 0.25) is 0 Å². The number of hydrogen-bond donors (Lipinski definition) is 1. The fraction of sp³-hybridized carbons (Fsp3) is 0.133. The highest BCUT2D eigenvalue weighted by atomic mass is 127. The van der Waals surface area contributed by atoms with Crippen molar-refractivity contribution in [2.45, 2.75) is 11.8 Å². The Labute approximate surface area is 131 Å². The Morgan fingerprint density at radius 3 is 2.68 bits per heavy atom. The standard InChI is InChI=1S/C15H14INOS/c1-10-7-8-11(16)9-13(10)17-15(18)12-5-3-4-6-14(12)19-2/h3-9H,1-2H3,(H,17,18). The van der Waals surface area contributed by atoms with E-state index in [0.717, 1.165) is 19.7 Å². The van der Waals surface area contributed by atoms with Crippen LogP contribution in [-0.2, 0) is 0 Å². The second-order valence-corrected chi connectivity index (χ2v) is 6.21. The molecule has 0 aliphatic carbocycles. The average molecular weight is 383 g/mol. The predicted octanol–water partition coefficient (Wildman–Crippen LogP) is 4.57. The van der Waals surface area contributed by atoms with Crippen LogP contribution in [0.3, 0.4) is 0 Å². The molecule has 1 N–H and O–H groups in total. The highest BCUT2D eigenvalue weighted by molar-refractivity contribution is 14.1. The minimum Gasteiger partial charge on any atom is -0.322 e. The summed E-state index contributed by atoms with van der Waals surface area (Å²) in [5.41, 5.74) is 2.65. The molecule has 4 heteroatoms. The van der Waals surface area contributed by atoms with Crippen LogP contribution in [0, 0.1) is 10.5 Å². The molecule has 0 saturated heterocycles. The Balaban J connectivity index is 2.28. The van der Waals surface area contributed by atoms with E-state index in [1.807, 2.05) is 55.6 Å². The molecule has 0 radical (unpaired) electrons. The SMILES string of the molecule is CSc1ccccc1C(=O)Nc1cc(I)ccc1C. The Kier molecular flexibility index (Phi) is 4.87. The lowest BCUT2D eigenvalue weighted by Gasteiger charge is -2.11. The molecule has 19 heavy (non-hydrogen) atoms. The Bertz CT molecular complexity index is 613. The van der Waals surface area contributed by atoms with Crippen molar-refractivity contribution in [1.29, 1.82) is 0 Å². The van der Waals surface area contributed by atoms with Gasteiger partial charge in [0, 0.05) is 14.2 Å². The molecule has 98 valence electrons. The Morgan fingerprint density at radius 1 is 1.21 bits per heavy atom. The van der Waals surface area contributed by atoms with Crippen molar-refractivity contribution in [1.82, 2.24) is 0 Å². The number of thioether (sulfide) groups is 1. The molecule has 0 aliphatic heterocycles. The summed E-state index contributed by atoms with van der Waals surface area (Å²) < 4.78 is 1.11. The molecule has 2 aromatic carbocycles. The molecule has 0 aliphatic rings. The number of anilines is 1. The minimum absolute atomic E-state index is 0.0601. The zero-order valence-electron chi connectivity index (χ0n) is 10.7. The first-order valence-electron chi connectivity index (χ1n) is 5.82. The summed E-state index contributed by atoms with van der Waals surface area (Å²) in [6.45, 7) is 1.99. The van der Waals surface area contributed by atoms with Crippen molar-refractivity contribution < 1.29 is 4.79 Å². The van der Waals surface area contributed by atoms with Crippen molar-refractivity contribution >= 4 is 45.9 Å². The van der Waals surface area contributed by atoms with E-state index in [4.69, 9.17) is 0 Å². The van der Waals surface area contributed by atoms with E-state index in [1.54, 1.807) is 11.8 Å².